The summed E-state index contributed by atoms with van der Waals surface area (Å²) in [5.74, 6) is -0.388. The van der Waals surface area contributed by atoms with E-state index < -0.39 is 0 Å². The molecule has 5 nitrogen and oxygen atoms in total. The van der Waals surface area contributed by atoms with Gasteiger partial charge in [-0.25, -0.2) is 0 Å². The van der Waals surface area contributed by atoms with E-state index in [1.54, 1.807) is 54.8 Å². The Morgan fingerprint density at radius 3 is 1.15 bits per heavy atom. The molecular weight excluding hydrogens is 645 g/mol. The maximum atomic E-state index is 10.7. The van der Waals surface area contributed by atoms with E-state index in [0.717, 1.165) is 14.2 Å². The van der Waals surface area contributed by atoms with Crippen molar-refractivity contribution < 1.29 is 118 Å². The average Bonchev–Trinajstić information content (AvgIpc) is 2.92. The van der Waals surface area contributed by atoms with Crippen molar-refractivity contribution in [3.8, 4) is 0 Å². The Labute approximate surface area is 279 Å². The zero-order valence-corrected chi connectivity index (χ0v) is 30.8. The van der Waals surface area contributed by atoms with Gasteiger partial charge in [-0.15, -0.1) is 12.1 Å². The van der Waals surface area contributed by atoms with Crippen LogP contribution >= 0.6 is 0 Å². The maximum Gasteiger partial charge on any atom is 0.116 e. The summed E-state index contributed by atoms with van der Waals surface area (Å²) in [4.78, 5) is 23.6. The first kappa shape index (κ1) is 59.1. The molecule has 0 bridgehead atoms. The van der Waals surface area contributed by atoms with Crippen LogP contribution in [0.1, 0.15) is 71.3 Å². The van der Waals surface area contributed by atoms with Crippen LogP contribution < -0.4 is 0 Å². The molecule has 0 aromatic heterocycles. The van der Waals surface area contributed by atoms with Gasteiger partial charge in [-0.2, -0.15) is 24.4 Å². The van der Waals surface area contributed by atoms with E-state index in [2.05, 4.69) is 4.99 Å². The van der Waals surface area contributed by atoms with Crippen LogP contribution in [0.15, 0.2) is 65.7 Å². The molecule has 0 aliphatic carbocycles. The number of carbonyl (C=O) groups excluding carboxylic acids is 2. The minimum absolute atomic E-state index is 0. The number of aliphatic hydroxyl groups excluding tert-OH is 2. The molecule has 0 fully saturated rings. The monoisotopic (exact) mass is 688 g/mol. The van der Waals surface area contributed by atoms with Crippen molar-refractivity contribution in [3.63, 3.8) is 0 Å². The van der Waals surface area contributed by atoms with Gasteiger partial charge in [0.1, 0.15) is 5.91 Å². The van der Waals surface area contributed by atoms with Gasteiger partial charge in [-0.3, -0.25) is 0 Å². The summed E-state index contributed by atoms with van der Waals surface area (Å²) in [7, 11) is 2.00. The van der Waals surface area contributed by atoms with Crippen LogP contribution in [-0.4, -0.2) is 43.3 Å². The van der Waals surface area contributed by atoms with Crippen LogP contribution in [0.3, 0.4) is 0 Å². The van der Waals surface area contributed by atoms with Gasteiger partial charge in [0.15, 0.2) is 0 Å². The predicted molar refractivity (Wildman–Crippen MR) is 132 cm³/mol. The summed E-state index contributed by atoms with van der Waals surface area (Å²) >= 11 is 0. The van der Waals surface area contributed by atoms with Gasteiger partial charge in [0, 0.05) is 112 Å². The van der Waals surface area contributed by atoms with Crippen molar-refractivity contribution in [2.75, 3.05) is 14.2 Å². The zero-order valence-electron chi connectivity index (χ0n) is 22.2. The van der Waals surface area contributed by atoms with Gasteiger partial charge in [-0.05, 0) is 5.56 Å². The van der Waals surface area contributed by atoms with Crippen molar-refractivity contribution in [1.29, 1.82) is 0 Å². The Morgan fingerprint density at radius 1 is 0.667 bits per heavy atom. The molecule has 2 rings (SSSR count). The van der Waals surface area contributed by atoms with E-state index in [-0.39, 0.29) is 104 Å². The number of amides is 1. The number of benzene rings is 2. The number of aliphatic hydroxyl groups is 2. The molecular formula is C25H43NO4Y3-2. The van der Waals surface area contributed by atoms with Crippen LogP contribution in [0.4, 0.5) is 0 Å². The molecule has 0 aliphatic heterocycles. The van der Waals surface area contributed by atoms with E-state index in [9.17, 15) is 9.59 Å². The Balaban J connectivity index is -0.0000000325. The topological polar surface area (TPSA) is 87.0 Å². The summed E-state index contributed by atoms with van der Waals surface area (Å²) in [6.45, 7) is 20.8. The number of carbonyl (C=O) groups is 1. The molecule has 8 heteroatoms. The molecule has 1 amide bonds. The Hall–Kier alpha value is 0.682. The fourth-order valence-electron chi connectivity index (χ4n) is 1.16. The molecule has 0 spiro atoms. The first-order chi connectivity index (χ1) is 14.8. The summed E-state index contributed by atoms with van der Waals surface area (Å²) in [5.41, 5.74) is 1.12. The number of hydrogen-bond acceptors (Lipinski definition) is 4. The van der Waals surface area contributed by atoms with Crippen molar-refractivity contribution in [1.82, 2.24) is 0 Å². The summed E-state index contributed by atoms with van der Waals surface area (Å²) in [6, 6.07) is 17.6. The smallest absolute Gasteiger partial charge is 0.116 e. The van der Waals surface area contributed by atoms with Crippen LogP contribution in [0.5, 0.6) is 0 Å². The van der Waals surface area contributed by atoms with Gasteiger partial charge in [0.2, 0.25) is 0 Å². The molecule has 3 radical (unpaired) electrons. The molecule has 0 saturated heterocycles. The Bertz CT molecular complexity index is 530. The molecule has 0 atom stereocenters. The number of nitrogens with zero attached hydrogens (tertiary/aromatic N) is 1. The third-order valence-electron chi connectivity index (χ3n) is 2.03. The second-order valence-electron chi connectivity index (χ2n) is 3.27. The van der Waals surface area contributed by atoms with E-state index in [0.29, 0.717) is 11.1 Å². The first-order valence-corrected chi connectivity index (χ1v) is 10.1. The molecule has 183 valence electrons. The average molecular weight is 688 g/mol. The van der Waals surface area contributed by atoms with Crippen LogP contribution in [-0.2, 0) is 103 Å². The van der Waals surface area contributed by atoms with Crippen molar-refractivity contribution in [2.45, 2.75) is 55.4 Å². The minimum atomic E-state index is -0.388. The predicted octanol–water partition coefficient (Wildman–Crippen LogP) is 5.86. The van der Waals surface area contributed by atoms with Crippen LogP contribution in [0.25, 0.3) is 0 Å². The summed E-state index contributed by atoms with van der Waals surface area (Å²) < 4.78 is 0. The second kappa shape index (κ2) is 69.8. The number of rotatable bonds is 2. The third-order valence-corrected chi connectivity index (χ3v) is 2.03. The van der Waals surface area contributed by atoms with Crippen molar-refractivity contribution >= 4 is 18.9 Å². The molecule has 2 N–H and O–H groups in total. The standard InChI is InChI=1S/C8H6NO.C7H5O.4C2H6.2CH4O.3Y/c1-9-8(10)7-5-3-2-4-6-7;8-6-7-4-2-1-3-5-7;6*1-2;;;/h1-6H;1-5H;4*1-2H3;2*2H,1H3;;;/q2*-1;;;;;;;;;. The molecule has 2 aromatic rings. The van der Waals surface area contributed by atoms with Crippen LogP contribution in [0.2, 0.25) is 0 Å². The third kappa shape index (κ3) is 50.5. The maximum absolute atomic E-state index is 10.7. The molecule has 0 unspecified atom stereocenters. The SMILES string of the molecule is CC.CC.CC.CC.CO.CO.O=[C-]c1ccccc1.[CH-]=NC(=O)c1ccccc1.[Y].[Y].[Y]. The molecule has 0 saturated carbocycles. The van der Waals surface area contributed by atoms with Gasteiger partial charge < -0.3 is 24.8 Å². The van der Waals surface area contributed by atoms with Crippen molar-refractivity contribution in [2.24, 2.45) is 4.99 Å². The molecule has 0 heterocycles. The van der Waals surface area contributed by atoms with Gasteiger partial charge in [-0.1, -0.05) is 91.8 Å². The van der Waals surface area contributed by atoms with Gasteiger partial charge in [0.25, 0.3) is 0 Å². The fourth-order valence-corrected chi connectivity index (χ4v) is 1.16. The molecule has 33 heavy (non-hydrogen) atoms. The Kier molecular flexibility index (Phi) is 125. The number of hydrogen-bond donors (Lipinski definition) is 2. The first-order valence-electron chi connectivity index (χ1n) is 10.1. The quantitative estimate of drug-likeness (QED) is 0.306. The fraction of sp³-hybridized carbons (Fsp3) is 0.400. The molecule has 0 aliphatic rings. The normalized spacial score (nSPS) is 5.82. The molecule has 2 aromatic carbocycles. The minimum Gasteiger partial charge on any atom is -0.425 e. The Morgan fingerprint density at radius 2 is 0.939 bits per heavy atom. The van der Waals surface area contributed by atoms with E-state index >= 15 is 0 Å². The van der Waals surface area contributed by atoms with Crippen LogP contribution in [0, 0.1) is 0 Å². The second-order valence-corrected chi connectivity index (χ2v) is 3.27. The van der Waals surface area contributed by atoms with Gasteiger partial charge in [0.05, 0.1) is 6.29 Å². The van der Waals surface area contributed by atoms with Crippen molar-refractivity contribution in [3.05, 3.63) is 71.8 Å². The summed E-state index contributed by atoms with van der Waals surface area (Å²) in [6.07, 6.45) is 1.78. The largest absolute Gasteiger partial charge is 0.425 e. The van der Waals surface area contributed by atoms with E-state index in [4.69, 9.17) is 16.9 Å². The van der Waals surface area contributed by atoms with E-state index in [1.165, 1.54) is 0 Å². The number of aliphatic imine (C=N–C) groups is 1. The van der Waals surface area contributed by atoms with Gasteiger partial charge >= 0.3 is 0 Å². The zero-order chi connectivity index (χ0) is 25.2. The van der Waals surface area contributed by atoms with E-state index in [1.807, 2.05) is 67.5 Å². The summed E-state index contributed by atoms with van der Waals surface area (Å²) in [5, 5.41) is 14.0.